The first kappa shape index (κ1) is 30.4. The van der Waals surface area contributed by atoms with E-state index in [0.29, 0.717) is 10.7 Å². The maximum atomic E-state index is 8.86. The van der Waals surface area contributed by atoms with Gasteiger partial charge in [-0.15, -0.1) is 12.4 Å². The number of benzene rings is 2. The summed E-state index contributed by atoms with van der Waals surface area (Å²) in [4.78, 5) is 9.80. The predicted molar refractivity (Wildman–Crippen MR) is 180 cm³/mol. The van der Waals surface area contributed by atoms with E-state index in [2.05, 4.69) is 71.5 Å². The first-order valence-electron chi connectivity index (χ1n) is 15.2. The molecule has 0 bridgehead atoms. The van der Waals surface area contributed by atoms with Crippen molar-refractivity contribution in [2.75, 3.05) is 0 Å². The van der Waals surface area contributed by atoms with Gasteiger partial charge in [-0.1, -0.05) is 62.1 Å². The Hall–Kier alpha value is -4.03. The number of pyridine rings is 4. The van der Waals surface area contributed by atoms with Crippen LogP contribution in [0.25, 0.3) is 43.9 Å². The highest BCUT2D eigenvalue weighted by atomic mass is 35.5. The van der Waals surface area contributed by atoms with Gasteiger partial charge in [0.2, 0.25) is 0 Å². The third kappa shape index (κ3) is 5.68. The van der Waals surface area contributed by atoms with Crippen molar-refractivity contribution in [3.8, 4) is 0 Å². The highest BCUT2D eigenvalue weighted by Gasteiger charge is 2.14. The molecule has 7 heteroatoms. The van der Waals surface area contributed by atoms with Crippen LogP contribution in [0.1, 0.15) is 61.0 Å². The molecule has 2 aromatic carbocycles. The summed E-state index contributed by atoms with van der Waals surface area (Å²) in [5, 5.41) is 22.8. The van der Waals surface area contributed by atoms with Gasteiger partial charge in [-0.25, -0.2) is 9.97 Å². The molecular formula is C36H41ClN6. The topological polar surface area (TPSA) is 83.3 Å². The zero-order valence-corrected chi connectivity index (χ0v) is 26.4. The molecule has 0 aliphatic carbocycles. The lowest BCUT2D eigenvalue weighted by Gasteiger charge is -2.17. The van der Waals surface area contributed by atoms with E-state index < -0.39 is 0 Å². The van der Waals surface area contributed by atoms with Crippen molar-refractivity contribution in [3.63, 3.8) is 0 Å². The first-order chi connectivity index (χ1) is 20.3. The number of rotatable bonds is 9. The lowest BCUT2D eigenvalue weighted by Crippen LogP contribution is -2.15. The van der Waals surface area contributed by atoms with Crippen LogP contribution in [0.3, 0.4) is 0 Å². The highest BCUT2D eigenvalue weighted by Crippen LogP contribution is 2.24. The average molecular weight is 593 g/mol. The summed E-state index contributed by atoms with van der Waals surface area (Å²) >= 11 is 0. The molecule has 0 atom stereocenters. The molecule has 0 saturated heterocycles. The van der Waals surface area contributed by atoms with Gasteiger partial charge in [-0.3, -0.25) is 10.8 Å². The van der Waals surface area contributed by atoms with Crippen LogP contribution >= 0.6 is 12.4 Å². The maximum Gasteiger partial charge on any atom is 0.143 e. The van der Waals surface area contributed by atoms with Crippen molar-refractivity contribution < 1.29 is 0 Å². The van der Waals surface area contributed by atoms with Gasteiger partial charge in [0.1, 0.15) is 11.3 Å². The molecule has 0 unspecified atom stereocenters. The van der Waals surface area contributed by atoms with Crippen LogP contribution in [0.2, 0.25) is 0 Å². The average Bonchev–Trinajstić information content (AvgIpc) is 2.96. The van der Waals surface area contributed by atoms with Crippen molar-refractivity contribution >= 4 is 56.3 Å². The van der Waals surface area contributed by atoms with Crippen LogP contribution in [0, 0.1) is 38.5 Å². The molecule has 0 amide bonds. The summed E-state index contributed by atoms with van der Waals surface area (Å²) in [5.41, 5.74) is 8.32. The van der Waals surface area contributed by atoms with Crippen molar-refractivity contribution in [2.24, 2.45) is 0 Å². The molecule has 6 aromatic rings. The smallest absolute Gasteiger partial charge is 0.143 e. The molecule has 6 rings (SSSR count). The van der Waals surface area contributed by atoms with Gasteiger partial charge in [0.15, 0.2) is 0 Å². The number of hydrogen-bond donors (Lipinski definition) is 2. The fourth-order valence-corrected chi connectivity index (χ4v) is 6.68. The molecule has 2 N–H and O–H groups in total. The number of nitrogens with one attached hydrogen (secondary N) is 2. The lowest BCUT2D eigenvalue weighted by molar-refractivity contribution is 0.543. The number of unbranched alkanes of at least 4 members (excludes halogenated alkanes) is 5. The molecular weight excluding hydrogens is 552 g/mol. The minimum Gasteiger partial charge on any atom is -0.325 e. The number of para-hydroxylation sites is 2. The number of halogens is 1. The maximum absolute atomic E-state index is 8.86. The number of nitrogens with zero attached hydrogens (tertiary/aromatic N) is 4. The minimum atomic E-state index is 0. The van der Waals surface area contributed by atoms with Crippen molar-refractivity contribution in [3.05, 3.63) is 93.9 Å². The Morgan fingerprint density at radius 3 is 1.35 bits per heavy atom. The number of aryl methyl sites for hydroxylation is 6. The predicted octanol–water partition coefficient (Wildman–Crippen LogP) is 8.35. The number of fused-ring (bicyclic) bond motifs is 4. The van der Waals surface area contributed by atoms with Crippen LogP contribution in [0.5, 0.6) is 0 Å². The van der Waals surface area contributed by atoms with Crippen LogP contribution in [0.4, 0.5) is 0 Å². The van der Waals surface area contributed by atoms with E-state index in [9.17, 15) is 0 Å². The van der Waals surface area contributed by atoms with E-state index in [4.69, 9.17) is 20.8 Å². The summed E-state index contributed by atoms with van der Waals surface area (Å²) < 4.78 is 4.67. The second-order valence-corrected chi connectivity index (χ2v) is 11.8. The van der Waals surface area contributed by atoms with Crippen LogP contribution in [-0.2, 0) is 13.1 Å². The van der Waals surface area contributed by atoms with Gasteiger partial charge in [0.05, 0.1) is 21.7 Å². The van der Waals surface area contributed by atoms with Crippen LogP contribution in [-0.4, -0.2) is 19.1 Å². The standard InChI is InChI=1S/C36H40N6.ClH/c1-23-21-25(3)39-35-31(23)33(37)27-15-9-11-17-29(27)41(35)19-13-7-5-6-8-14-20-42-30-18-12-10-16-28(30)34(38)32-24(2)22-26(4)40-36(32)42;/h9-12,15-18,21-22,37-38H,5-8,13-14,19-20H2,1-4H3;1H. The van der Waals surface area contributed by atoms with Gasteiger partial charge < -0.3 is 9.13 Å². The van der Waals surface area contributed by atoms with Crippen LogP contribution in [0.15, 0.2) is 60.7 Å². The molecule has 0 saturated carbocycles. The third-order valence-electron chi connectivity index (χ3n) is 8.60. The molecule has 0 fully saturated rings. The fourth-order valence-electron chi connectivity index (χ4n) is 6.68. The van der Waals surface area contributed by atoms with E-state index in [0.717, 1.165) is 92.3 Å². The Kier molecular flexibility index (Phi) is 8.97. The Morgan fingerprint density at radius 2 is 0.930 bits per heavy atom. The minimum absolute atomic E-state index is 0. The lowest BCUT2D eigenvalue weighted by atomic mass is 10.1. The Labute approximate surface area is 258 Å². The van der Waals surface area contributed by atoms with Gasteiger partial charge in [-0.2, -0.15) is 0 Å². The van der Waals surface area contributed by atoms with E-state index >= 15 is 0 Å². The Morgan fingerprint density at radius 1 is 0.558 bits per heavy atom. The molecule has 43 heavy (non-hydrogen) atoms. The summed E-state index contributed by atoms with van der Waals surface area (Å²) in [6, 6.07) is 20.7. The van der Waals surface area contributed by atoms with Gasteiger partial charge in [0, 0.05) is 46.0 Å². The highest BCUT2D eigenvalue weighted by molar-refractivity contribution is 5.94. The van der Waals surface area contributed by atoms with E-state index in [1.165, 1.54) is 25.7 Å². The molecule has 0 aliphatic rings. The molecule has 222 valence electrons. The number of aromatic nitrogens is 4. The van der Waals surface area contributed by atoms with Crippen molar-refractivity contribution in [2.45, 2.75) is 79.3 Å². The third-order valence-corrected chi connectivity index (χ3v) is 8.60. The van der Waals surface area contributed by atoms with E-state index in [-0.39, 0.29) is 12.4 Å². The molecule has 4 aromatic heterocycles. The summed E-state index contributed by atoms with van der Waals surface area (Å²) in [7, 11) is 0. The van der Waals surface area contributed by atoms with Gasteiger partial charge in [-0.05, 0) is 75.9 Å². The zero-order chi connectivity index (χ0) is 29.4. The van der Waals surface area contributed by atoms with Crippen molar-refractivity contribution in [1.82, 2.24) is 19.1 Å². The van der Waals surface area contributed by atoms with E-state index in [1.807, 2.05) is 26.0 Å². The molecule has 0 aliphatic heterocycles. The monoisotopic (exact) mass is 592 g/mol. The summed E-state index contributed by atoms with van der Waals surface area (Å²) in [6.07, 6.45) is 6.92. The van der Waals surface area contributed by atoms with Crippen molar-refractivity contribution in [1.29, 1.82) is 10.8 Å². The van der Waals surface area contributed by atoms with Gasteiger partial charge >= 0.3 is 0 Å². The number of hydrogen-bond acceptors (Lipinski definition) is 4. The second kappa shape index (κ2) is 12.7. The normalized spacial score (nSPS) is 11.5. The van der Waals surface area contributed by atoms with Crippen LogP contribution < -0.4 is 10.7 Å². The fraction of sp³-hybridized carbons (Fsp3) is 0.333. The quantitative estimate of drug-likeness (QED) is 0.131. The zero-order valence-electron chi connectivity index (χ0n) is 25.6. The molecule has 6 nitrogen and oxygen atoms in total. The summed E-state index contributed by atoms with van der Waals surface area (Å²) in [6.45, 7) is 10.1. The Bertz CT molecular complexity index is 1940. The molecule has 0 radical (unpaired) electrons. The van der Waals surface area contributed by atoms with Gasteiger partial charge in [0.25, 0.3) is 0 Å². The SMILES string of the molecule is Cc1cc(C)c2c(=N)c3ccccc3n(CCCCCCCCn3c4ccccc4c(=N)c4c(C)cc(C)nc43)c2n1.Cl. The Balaban J connectivity index is 0.00000368. The molecule has 0 spiro atoms. The van der Waals surface area contributed by atoms with E-state index in [1.54, 1.807) is 0 Å². The first-order valence-corrected chi connectivity index (χ1v) is 15.2. The molecule has 4 heterocycles. The summed E-state index contributed by atoms with van der Waals surface area (Å²) in [5.74, 6) is 0. The second-order valence-electron chi connectivity index (χ2n) is 11.8. The largest absolute Gasteiger partial charge is 0.325 e.